The summed E-state index contributed by atoms with van der Waals surface area (Å²) >= 11 is 6.21. The van der Waals surface area contributed by atoms with Gasteiger partial charge in [-0.15, -0.1) is 10.2 Å². The Morgan fingerprint density at radius 2 is 1.71 bits per heavy atom. The molecule has 8 heteroatoms. The van der Waals surface area contributed by atoms with Crippen molar-refractivity contribution >= 4 is 40.0 Å². The molecule has 0 saturated carbocycles. The van der Waals surface area contributed by atoms with Crippen molar-refractivity contribution in [1.82, 2.24) is 19.2 Å². The molecule has 31 heavy (non-hydrogen) atoms. The van der Waals surface area contributed by atoms with Gasteiger partial charge < -0.3 is 4.90 Å². The first-order valence-electron chi connectivity index (χ1n) is 10.5. The summed E-state index contributed by atoms with van der Waals surface area (Å²) in [6, 6.07) is 14.2. The molecule has 1 fully saturated rings. The number of rotatable bonds is 4. The summed E-state index contributed by atoms with van der Waals surface area (Å²) in [6.07, 6.45) is 4.56. The van der Waals surface area contributed by atoms with E-state index < -0.39 is 0 Å². The van der Waals surface area contributed by atoms with Crippen molar-refractivity contribution in [3.63, 3.8) is 0 Å². The molecular weight excluding hydrogens is 414 g/mol. The maximum Gasteiger partial charge on any atom is 0.263 e. The number of ketones is 1. The van der Waals surface area contributed by atoms with Gasteiger partial charge in [0.05, 0.1) is 17.4 Å². The van der Waals surface area contributed by atoms with Crippen molar-refractivity contribution in [1.29, 1.82) is 0 Å². The Kier molecular flexibility index (Phi) is 5.19. The summed E-state index contributed by atoms with van der Waals surface area (Å²) in [7, 11) is 0. The number of carbonyl (C=O) groups excluding carboxylic acids is 1. The van der Waals surface area contributed by atoms with E-state index in [2.05, 4.69) is 15.1 Å². The zero-order valence-corrected chi connectivity index (χ0v) is 17.8. The molecule has 0 atom stereocenters. The van der Waals surface area contributed by atoms with Crippen LogP contribution in [0.1, 0.15) is 36.0 Å². The molecule has 1 saturated heterocycles. The van der Waals surface area contributed by atoms with E-state index in [4.69, 9.17) is 11.6 Å². The number of fused-ring (bicyclic) bond motifs is 3. The number of carbonyl (C=O) groups is 1. The highest BCUT2D eigenvalue weighted by molar-refractivity contribution is 6.31. The monoisotopic (exact) mass is 435 g/mol. The summed E-state index contributed by atoms with van der Waals surface area (Å²) < 4.78 is 3.29. The van der Waals surface area contributed by atoms with E-state index >= 15 is 0 Å². The topological polar surface area (TPSA) is 72.5 Å². The molecule has 0 unspecified atom stereocenters. The summed E-state index contributed by atoms with van der Waals surface area (Å²) in [5, 5.41) is 9.71. The Bertz CT molecular complexity index is 1320. The van der Waals surface area contributed by atoms with Gasteiger partial charge in [-0.25, -0.2) is 4.40 Å². The van der Waals surface area contributed by atoms with Gasteiger partial charge >= 0.3 is 0 Å². The van der Waals surface area contributed by atoms with Crippen LogP contribution in [0.2, 0.25) is 5.02 Å². The SMILES string of the molecule is O=C(Cn1c(=O)c2cc(Cl)ccc2n2c(N3CCCCCC3)nnc12)c1ccccc1. The number of anilines is 1. The zero-order chi connectivity index (χ0) is 21.4. The van der Waals surface area contributed by atoms with Gasteiger partial charge in [0.25, 0.3) is 5.56 Å². The molecule has 0 amide bonds. The van der Waals surface area contributed by atoms with Gasteiger partial charge in [-0.3, -0.25) is 14.2 Å². The highest BCUT2D eigenvalue weighted by Gasteiger charge is 2.22. The van der Waals surface area contributed by atoms with Crippen molar-refractivity contribution in [2.75, 3.05) is 18.0 Å². The molecular formula is C23H22ClN5O2. The van der Waals surface area contributed by atoms with E-state index in [0.717, 1.165) is 25.9 Å². The highest BCUT2D eigenvalue weighted by atomic mass is 35.5. The first-order chi connectivity index (χ1) is 15.1. The second kappa shape index (κ2) is 8.15. The van der Waals surface area contributed by atoms with E-state index in [1.807, 2.05) is 16.5 Å². The van der Waals surface area contributed by atoms with Gasteiger partial charge in [0.2, 0.25) is 11.7 Å². The fourth-order valence-corrected chi connectivity index (χ4v) is 4.42. The van der Waals surface area contributed by atoms with Crippen LogP contribution in [0.5, 0.6) is 0 Å². The second-order valence-electron chi connectivity index (χ2n) is 7.88. The zero-order valence-electron chi connectivity index (χ0n) is 17.0. The van der Waals surface area contributed by atoms with Crippen LogP contribution in [0.25, 0.3) is 16.7 Å². The fourth-order valence-electron chi connectivity index (χ4n) is 4.25. The van der Waals surface area contributed by atoms with Gasteiger partial charge in [0.1, 0.15) is 0 Å². The van der Waals surface area contributed by atoms with Crippen molar-refractivity contribution in [3.8, 4) is 0 Å². The van der Waals surface area contributed by atoms with Crippen molar-refractivity contribution in [3.05, 3.63) is 69.5 Å². The molecule has 5 rings (SSSR count). The average molecular weight is 436 g/mol. The van der Waals surface area contributed by atoms with Crippen molar-refractivity contribution in [2.24, 2.45) is 0 Å². The third-order valence-corrected chi connectivity index (χ3v) is 6.07. The lowest BCUT2D eigenvalue weighted by atomic mass is 10.1. The van der Waals surface area contributed by atoms with E-state index in [9.17, 15) is 9.59 Å². The van der Waals surface area contributed by atoms with Gasteiger partial charge in [-0.2, -0.15) is 0 Å². The molecule has 1 aliphatic heterocycles. The minimum atomic E-state index is -0.302. The van der Waals surface area contributed by atoms with Gasteiger partial charge in [0, 0.05) is 23.7 Å². The van der Waals surface area contributed by atoms with E-state index in [0.29, 0.717) is 33.2 Å². The minimum Gasteiger partial charge on any atom is -0.341 e. The lowest BCUT2D eigenvalue weighted by molar-refractivity contribution is 0.0972. The van der Waals surface area contributed by atoms with Crippen LogP contribution in [-0.4, -0.2) is 38.0 Å². The Morgan fingerprint density at radius 3 is 2.45 bits per heavy atom. The molecule has 1 aliphatic rings. The minimum absolute atomic E-state index is 0.118. The van der Waals surface area contributed by atoms with Crippen molar-refractivity contribution < 1.29 is 4.79 Å². The Hall–Kier alpha value is -3.19. The Labute approximate surface area is 183 Å². The molecule has 0 aliphatic carbocycles. The molecule has 2 aromatic carbocycles. The van der Waals surface area contributed by atoms with E-state index in [-0.39, 0.29) is 17.9 Å². The lowest BCUT2D eigenvalue weighted by Crippen LogP contribution is -2.29. The smallest absolute Gasteiger partial charge is 0.263 e. The molecule has 4 aromatic rings. The summed E-state index contributed by atoms with van der Waals surface area (Å²) in [4.78, 5) is 28.5. The highest BCUT2D eigenvalue weighted by Crippen LogP contribution is 2.24. The second-order valence-corrected chi connectivity index (χ2v) is 8.32. The number of hydrogen-bond acceptors (Lipinski definition) is 5. The largest absolute Gasteiger partial charge is 0.341 e. The third-order valence-electron chi connectivity index (χ3n) is 5.83. The normalized spacial score (nSPS) is 14.8. The predicted octanol–water partition coefficient (Wildman–Crippen LogP) is 3.96. The molecule has 0 radical (unpaired) electrons. The maximum absolute atomic E-state index is 13.4. The lowest BCUT2D eigenvalue weighted by Gasteiger charge is -2.21. The number of hydrogen-bond donors (Lipinski definition) is 0. The van der Waals surface area contributed by atoms with E-state index in [1.54, 1.807) is 36.4 Å². The Balaban J connectivity index is 1.72. The van der Waals surface area contributed by atoms with Crippen LogP contribution in [0.4, 0.5) is 5.95 Å². The van der Waals surface area contributed by atoms with Crippen molar-refractivity contribution in [2.45, 2.75) is 32.2 Å². The first kappa shape index (κ1) is 19.8. The molecule has 2 aromatic heterocycles. The fraction of sp³-hybridized carbons (Fsp3) is 0.304. The summed E-state index contributed by atoms with van der Waals surface area (Å²) in [6.45, 7) is 1.66. The number of benzene rings is 2. The number of Topliss-reactive ketones (excluding diaryl/α,β-unsaturated/α-hetero) is 1. The van der Waals surface area contributed by atoms with Gasteiger partial charge in [0.15, 0.2) is 5.78 Å². The van der Waals surface area contributed by atoms with Crippen LogP contribution >= 0.6 is 11.6 Å². The van der Waals surface area contributed by atoms with Crippen LogP contribution < -0.4 is 10.5 Å². The molecule has 0 N–H and O–H groups in total. The first-order valence-corrected chi connectivity index (χ1v) is 10.9. The quantitative estimate of drug-likeness (QED) is 0.454. The number of aromatic nitrogens is 4. The van der Waals surface area contributed by atoms with Crippen LogP contribution in [0.3, 0.4) is 0 Å². The van der Waals surface area contributed by atoms with Crippen LogP contribution in [0.15, 0.2) is 53.3 Å². The van der Waals surface area contributed by atoms with Crippen LogP contribution in [0, 0.1) is 0 Å². The molecule has 0 bridgehead atoms. The number of halogens is 1. The Morgan fingerprint density at radius 1 is 0.968 bits per heavy atom. The number of nitrogens with zero attached hydrogens (tertiary/aromatic N) is 5. The average Bonchev–Trinajstić information content (AvgIpc) is 3.04. The predicted molar refractivity (Wildman–Crippen MR) is 121 cm³/mol. The molecule has 7 nitrogen and oxygen atoms in total. The molecule has 3 heterocycles. The summed E-state index contributed by atoms with van der Waals surface area (Å²) in [5.74, 6) is 0.902. The van der Waals surface area contributed by atoms with Gasteiger partial charge in [-0.1, -0.05) is 54.8 Å². The summed E-state index contributed by atoms with van der Waals surface area (Å²) in [5.41, 5.74) is 0.937. The third kappa shape index (κ3) is 3.59. The van der Waals surface area contributed by atoms with E-state index in [1.165, 1.54) is 17.4 Å². The maximum atomic E-state index is 13.4. The standard InChI is InChI=1S/C23H22ClN5O2/c24-17-10-11-19-18(14-17)21(31)28(15-20(30)16-8-4-3-5-9-16)23-26-25-22(29(19)23)27-12-6-1-2-7-13-27/h3-5,8-11,14H,1-2,6-7,12-13,15H2. The van der Waals surface area contributed by atoms with Gasteiger partial charge in [-0.05, 0) is 31.0 Å². The molecule has 0 spiro atoms. The van der Waals surface area contributed by atoms with Crippen LogP contribution in [-0.2, 0) is 6.54 Å². The molecule has 158 valence electrons.